The molecule has 0 atom stereocenters. The van der Waals surface area contributed by atoms with Crippen LogP contribution in [0.2, 0.25) is 0 Å². The molecule has 1 aromatic heterocycles. The largest absolute Gasteiger partial charge is 0.321 e. The number of pyridine rings is 1. The number of nitrogens with zero attached hydrogens (tertiary/aromatic N) is 1. The molecule has 20 heavy (non-hydrogen) atoms. The summed E-state index contributed by atoms with van der Waals surface area (Å²) in [5.74, 6) is 4.82. The molecule has 4 N–H and O–H groups in total. The third kappa shape index (κ3) is 3.44. The van der Waals surface area contributed by atoms with Gasteiger partial charge in [0.2, 0.25) is 0 Å². The van der Waals surface area contributed by atoms with Gasteiger partial charge in [-0.05, 0) is 62.8 Å². The molecule has 0 spiro atoms. The Morgan fingerprint density at radius 1 is 1.40 bits per heavy atom. The molecule has 0 aliphatic carbocycles. The highest BCUT2D eigenvalue weighted by Gasteiger charge is 2.14. The summed E-state index contributed by atoms with van der Waals surface area (Å²) in [4.78, 5) is 16.2. The van der Waals surface area contributed by atoms with E-state index in [1.165, 1.54) is 24.4 Å². The number of nitrogens with one attached hydrogen (secondary N) is 2. The number of nitrogen functional groups attached to an aromatic ring is 1. The maximum Gasteiger partial charge on any atom is 0.259 e. The number of carbonyl (C=O) groups excluding carboxylic acids is 1. The number of rotatable bonds is 3. The van der Waals surface area contributed by atoms with Crippen LogP contribution in [0.1, 0.15) is 10.4 Å². The van der Waals surface area contributed by atoms with Gasteiger partial charge in [0.15, 0.2) is 5.82 Å². The lowest BCUT2D eigenvalue weighted by atomic mass is 10.2. The Kier molecular flexibility index (Phi) is 4.89. The lowest BCUT2D eigenvalue weighted by Crippen LogP contribution is -2.18. The number of anilines is 2. The summed E-state index contributed by atoms with van der Waals surface area (Å²) < 4.78 is 14.3. The van der Waals surface area contributed by atoms with Crippen LogP contribution in [0.15, 0.2) is 34.9 Å². The maximum absolute atomic E-state index is 13.0. The normalized spacial score (nSPS) is 10.2. The maximum atomic E-state index is 13.0. The molecule has 0 bridgehead atoms. The van der Waals surface area contributed by atoms with E-state index in [2.05, 4.69) is 31.7 Å². The Morgan fingerprint density at radius 3 is 2.80 bits per heavy atom. The second kappa shape index (κ2) is 6.46. The summed E-state index contributed by atoms with van der Waals surface area (Å²) in [6.45, 7) is 0. The number of carbonyl (C=O) groups is 1. The molecular weight excluding hydrogens is 442 g/mol. The minimum Gasteiger partial charge on any atom is -0.321 e. The zero-order chi connectivity index (χ0) is 14.7. The summed E-state index contributed by atoms with van der Waals surface area (Å²) in [7, 11) is 0. The summed E-state index contributed by atoms with van der Waals surface area (Å²) in [6.07, 6.45) is 1.52. The standard InChI is InChI=1S/C12H9BrFIN4O/c13-6-3-8(11(19-16)17-5-6)12(20)18-10-2-1-7(14)4-9(10)15/h1-5H,16H2,(H,17,19)(H,18,20). The molecule has 0 aliphatic heterocycles. The summed E-state index contributed by atoms with van der Waals surface area (Å²) in [5.41, 5.74) is 3.15. The van der Waals surface area contributed by atoms with Crippen molar-refractivity contribution in [2.24, 2.45) is 5.84 Å². The first-order valence-electron chi connectivity index (χ1n) is 5.40. The minimum atomic E-state index is -0.392. The Bertz CT molecular complexity index is 668. The van der Waals surface area contributed by atoms with Crippen LogP contribution in [-0.4, -0.2) is 10.9 Å². The average Bonchev–Trinajstić information content (AvgIpc) is 2.41. The minimum absolute atomic E-state index is 0.253. The first-order valence-corrected chi connectivity index (χ1v) is 7.27. The van der Waals surface area contributed by atoms with Crippen LogP contribution in [0.4, 0.5) is 15.9 Å². The van der Waals surface area contributed by atoms with E-state index in [1.807, 2.05) is 22.6 Å². The van der Waals surface area contributed by atoms with Gasteiger partial charge < -0.3 is 10.7 Å². The highest BCUT2D eigenvalue weighted by molar-refractivity contribution is 14.1. The van der Waals surface area contributed by atoms with Crippen molar-refractivity contribution in [1.82, 2.24) is 4.98 Å². The zero-order valence-corrected chi connectivity index (χ0v) is 13.7. The number of halogens is 3. The van der Waals surface area contributed by atoms with Gasteiger partial charge in [-0.3, -0.25) is 4.79 Å². The first-order chi connectivity index (χ1) is 9.51. The van der Waals surface area contributed by atoms with Crippen LogP contribution in [0, 0.1) is 9.39 Å². The molecule has 8 heteroatoms. The van der Waals surface area contributed by atoms with Crippen LogP contribution in [0.25, 0.3) is 0 Å². The van der Waals surface area contributed by atoms with Crippen LogP contribution in [0.5, 0.6) is 0 Å². The molecule has 0 aliphatic rings. The van der Waals surface area contributed by atoms with E-state index >= 15 is 0 Å². The average molecular weight is 451 g/mol. The second-order valence-electron chi connectivity index (χ2n) is 3.77. The summed E-state index contributed by atoms with van der Waals surface area (Å²) in [6, 6.07) is 5.69. The number of amides is 1. The van der Waals surface area contributed by atoms with E-state index in [4.69, 9.17) is 5.84 Å². The van der Waals surface area contributed by atoms with Crippen molar-refractivity contribution >= 4 is 55.9 Å². The predicted octanol–water partition coefficient (Wildman–Crippen LogP) is 3.13. The third-order valence-corrected chi connectivity index (χ3v) is 3.74. The van der Waals surface area contributed by atoms with Gasteiger partial charge in [-0.2, -0.15) is 0 Å². The fraction of sp³-hybridized carbons (Fsp3) is 0. The van der Waals surface area contributed by atoms with E-state index in [0.717, 1.165) is 0 Å². The zero-order valence-electron chi connectivity index (χ0n) is 9.95. The second-order valence-corrected chi connectivity index (χ2v) is 5.85. The number of hydrogen-bond donors (Lipinski definition) is 3. The van der Waals surface area contributed by atoms with Crippen LogP contribution in [0.3, 0.4) is 0 Å². The molecule has 1 aromatic carbocycles. The van der Waals surface area contributed by atoms with E-state index < -0.39 is 5.91 Å². The molecule has 2 aromatic rings. The molecule has 5 nitrogen and oxygen atoms in total. The molecule has 104 valence electrons. The molecule has 0 unspecified atom stereocenters. The number of benzene rings is 1. The van der Waals surface area contributed by atoms with E-state index in [-0.39, 0.29) is 17.2 Å². The van der Waals surface area contributed by atoms with Crippen molar-refractivity contribution in [1.29, 1.82) is 0 Å². The van der Waals surface area contributed by atoms with Crippen molar-refractivity contribution < 1.29 is 9.18 Å². The van der Waals surface area contributed by atoms with Gasteiger partial charge in [0.25, 0.3) is 5.91 Å². The number of hydrogen-bond acceptors (Lipinski definition) is 4. The quantitative estimate of drug-likeness (QED) is 0.381. The Balaban J connectivity index is 2.30. The molecule has 2 rings (SSSR count). The van der Waals surface area contributed by atoms with Gasteiger partial charge in [0.05, 0.1) is 11.3 Å². The van der Waals surface area contributed by atoms with E-state index in [0.29, 0.717) is 13.7 Å². The van der Waals surface area contributed by atoms with Crippen LogP contribution >= 0.6 is 38.5 Å². The van der Waals surface area contributed by atoms with Crippen LogP contribution < -0.4 is 16.6 Å². The van der Waals surface area contributed by atoms with E-state index in [1.54, 1.807) is 6.07 Å². The van der Waals surface area contributed by atoms with E-state index in [9.17, 15) is 9.18 Å². The SMILES string of the molecule is NNc1ncc(Br)cc1C(=O)Nc1ccc(F)cc1I. The number of nitrogens with two attached hydrogens (primary N) is 1. The molecule has 0 saturated heterocycles. The molecule has 1 heterocycles. The van der Waals surface area contributed by atoms with Crippen molar-refractivity contribution in [2.45, 2.75) is 0 Å². The summed E-state index contributed by atoms with van der Waals surface area (Å²) in [5, 5.41) is 2.69. The Hall–Kier alpha value is -1.26. The predicted molar refractivity (Wildman–Crippen MR) is 86.8 cm³/mol. The number of hydrazine groups is 1. The summed E-state index contributed by atoms with van der Waals surface area (Å²) >= 11 is 5.18. The molecule has 1 amide bonds. The van der Waals surface area contributed by atoms with Crippen molar-refractivity contribution in [3.05, 3.63) is 49.9 Å². The lowest BCUT2D eigenvalue weighted by Gasteiger charge is -2.10. The molecule has 0 saturated carbocycles. The molecule has 0 fully saturated rings. The molecular formula is C12H9BrFIN4O. The smallest absolute Gasteiger partial charge is 0.259 e. The van der Waals surface area contributed by atoms with Crippen molar-refractivity contribution in [3.8, 4) is 0 Å². The van der Waals surface area contributed by atoms with Gasteiger partial charge in [-0.25, -0.2) is 15.2 Å². The van der Waals surface area contributed by atoms with Gasteiger partial charge in [-0.15, -0.1) is 0 Å². The van der Waals surface area contributed by atoms with Crippen LogP contribution in [-0.2, 0) is 0 Å². The van der Waals surface area contributed by atoms with Gasteiger partial charge >= 0.3 is 0 Å². The van der Waals surface area contributed by atoms with Crippen molar-refractivity contribution in [3.63, 3.8) is 0 Å². The highest BCUT2D eigenvalue weighted by Crippen LogP contribution is 2.22. The highest BCUT2D eigenvalue weighted by atomic mass is 127. The Morgan fingerprint density at radius 2 is 2.15 bits per heavy atom. The van der Waals surface area contributed by atoms with Gasteiger partial charge in [0.1, 0.15) is 5.82 Å². The fourth-order valence-corrected chi connectivity index (χ4v) is 2.45. The first kappa shape index (κ1) is 15.1. The molecule has 0 radical (unpaired) electrons. The monoisotopic (exact) mass is 450 g/mol. The fourth-order valence-electron chi connectivity index (χ4n) is 1.51. The van der Waals surface area contributed by atoms with Gasteiger partial charge in [-0.1, -0.05) is 0 Å². The van der Waals surface area contributed by atoms with Crippen molar-refractivity contribution in [2.75, 3.05) is 10.7 Å². The van der Waals surface area contributed by atoms with Gasteiger partial charge in [0, 0.05) is 14.2 Å². The number of aromatic nitrogens is 1. The third-order valence-electron chi connectivity index (χ3n) is 2.42. The lowest BCUT2D eigenvalue weighted by molar-refractivity contribution is 0.102. The topological polar surface area (TPSA) is 80.0 Å². The Labute approximate surface area is 136 Å².